The summed E-state index contributed by atoms with van der Waals surface area (Å²) in [6.07, 6.45) is 1.45. The number of ether oxygens (including phenoxy) is 3. The molecular weight excluding hydrogens is 529 g/mol. The first-order valence-corrected chi connectivity index (χ1v) is 15.7. The van der Waals surface area contributed by atoms with Crippen LogP contribution >= 0.6 is 18.2 Å². The molecule has 5 heterocycles. The number of nitrogens with zero attached hydrogens (tertiary/aromatic N) is 4. The van der Waals surface area contributed by atoms with Crippen LogP contribution in [0.5, 0.6) is 0 Å². The third-order valence-corrected chi connectivity index (χ3v) is 13.2. The zero-order chi connectivity index (χ0) is 26.9. The van der Waals surface area contributed by atoms with Gasteiger partial charge >= 0.3 is 6.80 Å². The van der Waals surface area contributed by atoms with E-state index in [9.17, 15) is 9.83 Å². The van der Waals surface area contributed by atoms with Crippen LogP contribution in [0.25, 0.3) is 5.52 Å². The van der Waals surface area contributed by atoms with Gasteiger partial charge in [0.1, 0.15) is 36.2 Å². The average Bonchev–Trinajstić information content (AvgIpc) is 3.27. The van der Waals surface area contributed by atoms with Crippen LogP contribution < -0.4 is 5.73 Å². The normalized spacial score (nSPS) is 46.3. The second-order valence-corrected chi connectivity index (χ2v) is 16.0. The Balaban J connectivity index is 1.21. The van der Waals surface area contributed by atoms with Gasteiger partial charge in [-0.25, -0.2) is 14.1 Å². The number of anilines is 1. The summed E-state index contributed by atoms with van der Waals surface area (Å²) in [7, 11) is 0. The van der Waals surface area contributed by atoms with Gasteiger partial charge in [0.05, 0.1) is 16.5 Å². The number of allylic oxidation sites excluding steroid dienone is 1. The van der Waals surface area contributed by atoms with Gasteiger partial charge in [0.2, 0.25) is 5.60 Å². The van der Waals surface area contributed by atoms with E-state index in [1.807, 2.05) is 6.92 Å². The Labute approximate surface area is 224 Å². The Morgan fingerprint density at radius 3 is 2.89 bits per heavy atom. The second kappa shape index (κ2) is 7.61. The third kappa shape index (κ3) is 3.18. The molecule has 2 aromatic rings. The summed E-state index contributed by atoms with van der Waals surface area (Å²) < 4.78 is 46.8. The van der Waals surface area contributed by atoms with Crippen LogP contribution in [0.4, 0.5) is 5.82 Å². The molecule has 0 aromatic carbocycles. The highest BCUT2D eigenvalue weighted by Crippen LogP contribution is 2.79. The van der Waals surface area contributed by atoms with Crippen LogP contribution in [0.15, 0.2) is 30.6 Å². The fourth-order valence-electron chi connectivity index (χ4n) is 6.71. The van der Waals surface area contributed by atoms with Gasteiger partial charge in [0, 0.05) is 0 Å². The monoisotopic (exact) mass is 559 g/mol. The summed E-state index contributed by atoms with van der Waals surface area (Å²) in [6, 6.07) is 5.79. The number of aromatic nitrogens is 3. The van der Waals surface area contributed by atoms with Crippen molar-refractivity contribution in [2.24, 2.45) is 5.92 Å². The van der Waals surface area contributed by atoms with E-state index in [1.165, 1.54) is 22.2 Å². The summed E-state index contributed by atoms with van der Waals surface area (Å²) in [5, 5.41) is 14.8. The Morgan fingerprint density at radius 2 is 2.16 bits per heavy atom. The topological polar surface area (TPSA) is 143 Å². The molecule has 5 fully saturated rings. The van der Waals surface area contributed by atoms with Gasteiger partial charge in [-0.1, -0.05) is 12.2 Å². The Morgan fingerprint density at radius 1 is 1.37 bits per heavy atom. The lowest BCUT2D eigenvalue weighted by molar-refractivity contribution is -0.188. The molecule has 9 atom stereocenters. The molecule has 5 aliphatic rings. The molecule has 1 unspecified atom stereocenters. The van der Waals surface area contributed by atoms with Gasteiger partial charge < -0.3 is 19.9 Å². The van der Waals surface area contributed by atoms with E-state index in [-0.39, 0.29) is 16.7 Å². The van der Waals surface area contributed by atoms with Crippen molar-refractivity contribution in [1.29, 1.82) is 5.26 Å². The SMILES string of the molecule is C=C(C)[C@H]1CC[C@@]2(C)S[P@@](=O)(OC3[C@H]4O[C@@](C#N)(c5ccc6c(N)ncnn56)[C@@H]5OC(C)(C)O[C@]345)O[C@@H]2C1. The maximum atomic E-state index is 14.0. The molecular formula is C25H30N5O6PS. The first-order chi connectivity index (χ1) is 17.9. The van der Waals surface area contributed by atoms with E-state index in [4.69, 9.17) is 29.0 Å². The fraction of sp³-hybridized carbons (Fsp3) is 0.640. The van der Waals surface area contributed by atoms with Gasteiger partial charge in [0.15, 0.2) is 17.2 Å². The molecule has 13 heteroatoms. The Kier molecular flexibility index (Phi) is 5.01. The Bertz CT molecular complexity index is 1480. The first kappa shape index (κ1) is 25.0. The number of nitrogen functional groups attached to an aromatic ring is 1. The minimum atomic E-state index is -3.55. The number of hydrogen-bond acceptors (Lipinski definition) is 11. The van der Waals surface area contributed by atoms with Crippen LogP contribution in [-0.2, 0) is 33.4 Å². The van der Waals surface area contributed by atoms with E-state index in [0.29, 0.717) is 17.1 Å². The molecule has 3 aliphatic heterocycles. The highest BCUT2D eigenvalue weighted by atomic mass is 32.7. The molecule has 2 saturated carbocycles. The molecule has 202 valence electrons. The van der Waals surface area contributed by atoms with E-state index in [1.54, 1.807) is 26.0 Å². The van der Waals surface area contributed by atoms with Gasteiger partial charge in [-0.2, -0.15) is 10.4 Å². The van der Waals surface area contributed by atoms with E-state index in [0.717, 1.165) is 24.8 Å². The highest BCUT2D eigenvalue weighted by molar-refractivity contribution is 8.56. The van der Waals surface area contributed by atoms with Crippen molar-refractivity contribution in [3.8, 4) is 6.07 Å². The number of fused-ring (bicyclic) bond motifs is 2. The zero-order valence-electron chi connectivity index (χ0n) is 21.6. The molecule has 0 bridgehead atoms. The lowest BCUT2D eigenvalue weighted by Gasteiger charge is -2.36. The van der Waals surface area contributed by atoms with Crippen molar-refractivity contribution >= 4 is 29.5 Å². The van der Waals surface area contributed by atoms with Crippen molar-refractivity contribution in [1.82, 2.24) is 14.6 Å². The molecule has 2 aromatic heterocycles. The van der Waals surface area contributed by atoms with Crippen molar-refractivity contribution in [2.75, 3.05) is 5.73 Å². The predicted octanol–water partition coefficient (Wildman–Crippen LogP) is 4.09. The third-order valence-electron chi connectivity index (χ3n) is 8.68. The molecule has 0 radical (unpaired) electrons. The van der Waals surface area contributed by atoms with Crippen molar-refractivity contribution < 1.29 is 27.8 Å². The molecule has 2 aliphatic carbocycles. The lowest BCUT2D eigenvalue weighted by atomic mass is 9.77. The van der Waals surface area contributed by atoms with Crippen LogP contribution in [0, 0.1) is 17.2 Å². The minimum absolute atomic E-state index is 0.200. The summed E-state index contributed by atoms with van der Waals surface area (Å²) >= 11 is 1.29. The van der Waals surface area contributed by atoms with E-state index in [2.05, 4.69) is 29.7 Å². The largest absolute Gasteiger partial charge is 0.390 e. The quantitative estimate of drug-likeness (QED) is 0.427. The van der Waals surface area contributed by atoms with E-state index >= 15 is 0 Å². The molecule has 2 N–H and O–H groups in total. The van der Waals surface area contributed by atoms with Crippen molar-refractivity contribution in [3.63, 3.8) is 0 Å². The average molecular weight is 560 g/mol. The van der Waals surface area contributed by atoms with Crippen LogP contribution in [0.3, 0.4) is 0 Å². The molecule has 38 heavy (non-hydrogen) atoms. The van der Waals surface area contributed by atoms with Gasteiger partial charge in [-0.3, -0.25) is 9.05 Å². The summed E-state index contributed by atoms with van der Waals surface area (Å²) in [5.41, 5.74) is 5.45. The number of rotatable bonds is 4. The maximum absolute atomic E-state index is 14.0. The van der Waals surface area contributed by atoms with Gasteiger partial charge in [-0.15, -0.1) is 0 Å². The highest BCUT2D eigenvalue weighted by Gasteiger charge is 2.89. The smallest absolute Gasteiger partial charge is 0.382 e. The van der Waals surface area contributed by atoms with Gasteiger partial charge in [-0.05, 0) is 76.4 Å². The number of hydrogen-bond donors (Lipinski definition) is 1. The van der Waals surface area contributed by atoms with Crippen LogP contribution in [0.2, 0.25) is 0 Å². The van der Waals surface area contributed by atoms with Crippen LogP contribution in [-0.4, -0.2) is 55.1 Å². The van der Waals surface area contributed by atoms with E-state index < -0.39 is 42.1 Å². The standard InChI is InChI=1S/C25H30N5O6PS/c1-13(2)14-8-9-23(5)17(10-14)34-37(31,38-23)35-19-18-25(19)21(33-22(3,4)36-25)24(11-26,32-18)16-7-6-15-20(27)28-12-29-30(15)16/h6-7,12,14,17-19,21H,1,8-10H2,2-5H3,(H2,27,28,29)/t14-,17+,18+,19?,21-,23+,24-,25-,37+/m0/s1. The zero-order valence-corrected chi connectivity index (χ0v) is 23.3. The Hall–Kier alpha value is -1.97. The van der Waals surface area contributed by atoms with Crippen molar-refractivity contribution in [3.05, 3.63) is 36.3 Å². The molecule has 1 spiro atoms. The van der Waals surface area contributed by atoms with Crippen molar-refractivity contribution in [2.45, 2.75) is 93.1 Å². The summed E-state index contributed by atoms with van der Waals surface area (Å²) in [4.78, 5) is 4.03. The van der Waals surface area contributed by atoms with Gasteiger partial charge in [0.25, 0.3) is 0 Å². The number of nitrogens with two attached hydrogens (primary N) is 1. The molecule has 11 nitrogen and oxygen atoms in total. The maximum Gasteiger partial charge on any atom is 0.390 e. The van der Waals surface area contributed by atoms with Crippen LogP contribution in [0.1, 0.15) is 52.7 Å². The molecule has 7 rings (SSSR count). The minimum Gasteiger partial charge on any atom is -0.382 e. The fourth-order valence-corrected chi connectivity index (χ4v) is 12.1. The summed E-state index contributed by atoms with van der Waals surface area (Å²) in [5.74, 6) is -0.411. The summed E-state index contributed by atoms with van der Waals surface area (Å²) in [6.45, 7) is 8.24. The number of nitriles is 1. The molecule has 0 amide bonds. The first-order valence-electron chi connectivity index (χ1n) is 12.8. The molecule has 3 saturated heterocycles. The predicted molar refractivity (Wildman–Crippen MR) is 138 cm³/mol. The second-order valence-electron chi connectivity index (χ2n) is 11.7. The lowest BCUT2D eigenvalue weighted by Crippen LogP contribution is -2.46.